The smallest absolute Gasteiger partial charge is 0.361 e. The Balaban J connectivity index is 0.000000224. The zero-order valence-corrected chi connectivity index (χ0v) is 28.8. The molecule has 1 radical (unpaired) electrons. The molecule has 2 aromatic carbocycles. The van der Waals surface area contributed by atoms with Crippen molar-refractivity contribution in [3.63, 3.8) is 0 Å². The number of allylic oxidation sites excluding steroid dienone is 10. The molecule has 4 N–H and O–H groups in total. The fourth-order valence-electron chi connectivity index (χ4n) is 4.04. The average molecular weight is 772 g/mol. The largest absolute Gasteiger partial charge is 2.00 e. The third kappa shape index (κ3) is 11.0. The van der Waals surface area contributed by atoms with E-state index >= 15 is 0 Å². The second kappa shape index (κ2) is 17.6. The van der Waals surface area contributed by atoms with E-state index in [2.05, 4.69) is 40.0 Å². The summed E-state index contributed by atoms with van der Waals surface area (Å²) in [5.41, 5.74) is 2.33. The molecule has 0 atom stereocenters. The number of ketones is 2. The van der Waals surface area contributed by atoms with Gasteiger partial charge in [0.25, 0.3) is 20.0 Å². The summed E-state index contributed by atoms with van der Waals surface area (Å²) in [6.45, 7) is 0. The standard InChI is InChI=1S/2C17H14N4O3S.Cu/c2*22-16-5-2-1-4-13(16)12-20-14-6-8-15(9-7-14)25(23,24)21-17-18-10-3-11-19-17;/h2*1-12,20H,(H,18,19,21);/q;;+2. The first-order valence-corrected chi connectivity index (χ1v) is 17.6. The van der Waals surface area contributed by atoms with Gasteiger partial charge in [0.1, 0.15) is 0 Å². The maximum absolute atomic E-state index is 12.3. The molecule has 0 unspecified atom stereocenters. The van der Waals surface area contributed by atoms with E-state index in [1.165, 1.54) is 61.2 Å². The number of hydrogen-bond donors (Lipinski definition) is 4. The van der Waals surface area contributed by atoms with Gasteiger partial charge in [-0.3, -0.25) is 9.59 Å². The van der Waals surface area contributed by atoms with Gasteiger partial charge in [-0.25, -0.2) is 46.2 Å². The Labute approximate surface area is 304 Å². The van der Waals surface area contributed by atoms with Crippen LogP contribution >= 0.6 is 0 Å². The van der Waals surface area contributed by atoms with Crippen molar-refractivity contribution < 1.29 is 43.5 Å². The third-order valence-corrected chi connectivity index (χ3v) is 9.23. The first-order chi connectivity index (χ1) is 24.1. The van der Waals surface area contributed by atoms with Gasteiger partial charge in [-0.15, -0.1) is 0 Å². The van der Waals surface area contributed by atoms with Crippen molar-refractivity contribution in [3.05, 3.63) is 158 Å². The number of nitrogens with zero attached hydrogens (tertiary/aromatic N) is 4. The van der Waals surface area contributed by atoms with Crippen molar-refractivity contribution in [3.8, 4) is 0 Å². The van der Waals surface area contributed by atoms with Crippen LogP contribution in [0.1, 0.15) is 0 Å². The second-order valence-corrected chi connectivity index (χ2v) is 13.4. The summed E-state index contributed by atoms with van der Waals surface area (Å²) < 4.78 is 53.7. The van der Waals surface area contributed by atoms with Gasteiger partial charge in [-0.05, 0) is 85.0 Å². The van der Waals surface area contributed by atoms with Crippen LogP contribution in [0.25, 0.3) is 0 Å². The molecule has 2 aliphatic rings. The van der Waals surface area contributed by atoms with E-state index in [0.29, 0.717) is 22.5 Å². The maximum atomic E-state index is 12.3. The van der Waals surface area contributed by atoms with Gasteiger partial charge in [0.2, 0.25) is 11.9 Å². The predicted molar refractivity (Wildman–Crippen MR) is 189 cm³/mol. The number of carbonyl (C=O) groups is 2. The summed E-state index contributed by atoms with van der Waals surface area (Å²) in [4.78, 5) is 38.7. The number of benzene rings is 2. The van der Waals surface area contributed by atoms with Crippen molar-refractivity contribution in [2.24, 2.45) is 0 Å². The Bertz CT molecular complexity index is 2100. The maximum Gasteiger partial charge on any atom is 2.00 e. The molecule has 6 rings (SSSR count). The molecule has 4 aromatic rings. The zero-order valence-electron chi connectivity index (χ0n) is 26.2. The number of hydrogen-bond acceptors (Lipinski definition) is 12. The summed E-state index contributed by atoms with van der Waals surface area (Å²) in [5, 5.41) is 5.93. The molecule has 0 saturated heterocycles. The van der Waals surface area contributed by atoms with Gasteiger partial charge in [-0.2, -0.15) is 0 Å². The molecular weight excluding hydrogens is 744 g/mol. The third-order valence-electron chi connectivity index (χ3n) is 6.54. The molecule has 0 bridgehead atoms. The van der Waals surface area contributed by atoms with Crippen LogP contribution in [0.4, 0.5) is 23.3 Å². The minimum absolute atomic E-state index is 0. The zero-order chi connectivity index (χ0) is 35.4. The van der Waals surface area contributed by atoms with Crippen molar-refractivity contribution in [2.75, 3.05) is 20.1 Å². The van der Waals surface area contributed by atoms with E-state index in [9.17, 15) is 26.4 Å². The van der Waals surface area contributed by atoms with Crippen LogP contribution in [-0.4, -0.2) is 48.3 Å². The van der Waals surface area contributed by atoms with E-state index in [-0.39, 0.29) is 50.3 Å². The summed E-state index contributed by atoms with van der Waals surface area (Å²) in [7, 11) is -7.53. The fraction of sp³-hybridized carbons (Fsp3) is 0. The number of rotatable bonds is 10. The summed E-state index contributed by atoms with van der Waals surface area (Å²) in [6, 6.07) is 15.4. The minimum atomic E-state index is -3.77. The van der Waals surface area contributed by atoms with E-state index < -0.39 is 20.0 Å². The van der Waals surface area contributed by atoms with Gasteiger partial charge in [-0.1, -0.05) is 24.3 Å². The molecule has 0 saturated carbocycles. The van der Waals surface area contributed by atoms with E-state index in [1.54, 1.807) is 85.3 Å². The van der Waals surface area contributed by atoms with Crippen molar-refractivity contribution >= 4 is 54.9 Å². The Morgan fingerprint density at radius 2 is 0.824 bits per heavy atom. The van der Waals surface area contributed by atoms with E-state index in [1.807, 2.05) is 0 Å². The molecule has 2 heterocycles. The minimum Gasteiger partial charge on any atom is -0.361 e. The Morgan fingerprint density at radius 1 is 0.490 bits per heavy atom. The van der Waals surface area contributed by atoms with Crippen LogP contribution in [0, 0.1) is 0 Å². The van der Waals surface area contributed by atoms with Crippen LogP contribution in [0.2, 0.25) is 0 Å². The molecule has 2 aliphatic carbocycles. The van der Waals surface area contributed by atoms with Crippen molar-refractivity contribution in [1.29, 1.82) is 0 Å². The Kier molecular flexibility index (Phi) is 13.0. The normalized spacial score (nSPS) is 15.1. The molecule has 51 heavy (non-hydrogen) atoms. The monoisotopic (exact) mass is 771 g/mol. The number of sulfonamides is 2. The van der Waals surface area contributed by atoms with Gasteiger partial charge in [0.15, 0.2) is 11.6 Å². The average Bonchev–Trinajstić information content (AvgIpc) is 3.12. The second-order valence-electron chi connectivity index (χ2n) is 10.1. The van der Waals surface area contributed by atoms with Gasteiger partial charge in [0, 0.05) is 59.7 Å². The van der Waals surface area contributed by atoms with Gasteiger partial charge in [0.05, 0.1) is 9.79 Å². The molecule has 0 aliphatic heterocycles. The van der Waals surface area contributed by atoms with Gasteiger partial charge >= 0.3 is 17.1 Å². The van der Waals surface area contributed by atoms with Crippen LogP contribution in [-0.2, 0) is 46.7 Å². The van der Waals surface area contributed by atoms with Crippen LogP contribution < -0.4 is 20.1 Å². The Morgan fingerprint density at radius 3 is 1.16 bits per heavy atom. The quantitative estimate of drug-likeness (QED) is 0.130. The molecule has 2 aromatic heterocycles. The molecule has 0 fully saturated rings. The van der Waals surface area contributed by atoms with Crippen molar-refractivity contribution in [2.45, 2.75) is 9.79 Å². The van der Waals surface area contributed by atoms with Crippen molar-refractivity contribution in [1.82, 2.24) is 19.9 Å². The fourth-order valence-corrected chi connectivity index (χ4v) is 5.96. The first kappa shape index (κ1) is 37.8. The number of nitrogens with one attached hydrogen (secondary N) is 4. The molecule has 261 valence electrons. The summed E-state index contributed by atoms with van der Waals surface area (Å²) in [6.07, 6.45) is 22.1. The molecule has 0 amide bonds. The summed E-state index contributed by atoms with van der Waals surface area (Å²) >= 11 is 0. The predicted octanol–water partition coefficient (Wildman–Crippen LogP) is 4.53. The molecule has 14 nitrogen and oxygen atoms in total. The molecule has 0 spiro atoms. The van der Waals surface area contributed by atoms with E-state index in [0.717, 1.165) is 0 Å². The Hall–Kier alpha value is -6.00. The number of anilines is 4. The van der Waals surface area contributed by atoms with E-state index in [4.69, 9.17) is 0 Å². The van der Waals surface area contributed by atoms with Crippen LogP contribution in [0.15, 0.2) is 167 Å². The molecule has 17 heteroatoms. The number of carbonyl (C=O) groups excluding carboxylic acids is 2. The SMILES string of the molecule is O=C1C=CC=CC1=CNc1ccc(S(=O)(=O)Nc2ncccn2)cc1.O=C1C=CC=CC1=CNc1ccc(S(=O)(=O)Nc2ncccn2)cc1.[Cu+2]. The summed E-state index contributed by atoms with van der Waals surface area (Å²) in [5.74, 6) is -0.183. The first-order valence-electron chi connectivity index (χ1n) is 14.6. The van der Waals surface area contributed by atoms with Crippen LogP contribution in [0.3, 0.4) is 0 Å². The topological polar surface area (TPSA) is 202 Å². The molecular formula is C34H28CuN8O6S2+2. The van der Waals surface area contributed by atoms with Gasteiger partial charge < -0.3 is 10.6 Å². The number of aromatic nitrogens is 4. The van der Waals surface area contributed by atoms with Crippen LogP contribution in [0.5, 0.6) is 0 Å².